The Morgan fingerprint density at radius 1 is 1.50 bits per heavy atom. The first kappa shape index (κ1) is 13.6. The minimum absolute atomic E-state index is 0.832. The molecule has 3 aliphatic carbocycles. The van der Waals surface area contributed by atoms with Crippen molar-refractivity contribution in [2.75, 3.05) is 6.54 Å². The number of aliphatic carboxylic acids is 1. The molecule has 0 saturated heterocycles. The predicted molar refractivity (Wildman–Crippen MR) is 72.1 cm³/mol. The van der Waals surface area contributed by atoms with Crippen molar-refractivity contribution in [2.45, 2.75) is 45.4 Å². The van der Waals surface area contributed by atoms with Crippen LogP contribution in [0.25, 0.3) is 0 Å². The van der Waals surface area contributed by atoms with Crippen LogP contribution in [0.2, 0.25) is 0 Å². The number of carboxylic acid groups (broad SMARTS) is 1. The highest BCUT2D eigenvalue weighted by molar-refractivity contribution is 5.62. The van der Waals surface area contributed by atoms with Crippen molar-refractivity contribution in [1.29, 1.82) is 0 Å². The van der Waals surface area contributed by atoms with Crippen molar-refractivity contribution in [3.05, 3.63) is 11.6 Å². The van der Waals surface area contributed by atoms with Gasteiger partial charge in [-0.25, -0.2) is 0 Å². The molecule has 0 heterocycles. The van der Waals surface area contributed by atoms with E-state index in [0.29, 0.717) is 0 Å². The molecule has 0 amide bonds. The lowest BCUT2D eigenvalue weighted by atomic mass is 9.66. The first-order valence-electron chi connectivity index (χ1n) is 7.19. The van der Waals surface area contributed by atoms with E-state index in [1.165, 1.54) is 38.5 Å². The summed E-state index contributed by atoms with van der Waals surface area (Å²) in [5.41, 5.74) is 7.52. The van der Waals surface area contributed by atoms with Crippen LogP contribution in [0, 0.1) is 23.7 Å². The van der Waals surface area contributed by atoms with E-state index in [9.17, 15) is 0 Å². The van der Waals surface area contributed by atoms with E-state index < -0.39 is 5.97 Å². The van der Waals surface area contributed by atoms with Crippen molar-refractivity contribution in [1.82, 2.24) is 0 Å². The van der Waals surface area contributed by atoms with Gasteiger partial charge >= 0.3 is 0 Å². The highest BCUT2D eigenvalue weighted by Gasteiger charge is 2.42. The summed E-state index contributed by atoms with van der Waals surface area (Å²) in [5.74, 6) is 2.93. The molecule has 0 spiro atoms. The van der Waals surface area contributed by atoms with Gasteiger partial charge in [0.2, 0.25) is 0 Å². The molecule has 3 nitrogen and oxygen atoms in total. The molecule has 3 unspecified atom stereocenters. The zero-order valence-corrected chi connectivity index (χ0v) is 11.3. The molecule has 3 atom stereocenters. The van der Waals surface area contributed by atoms with E-state index in [0.717, 1.165) is 37.1 Å². The molecular weight excluding hydrogens is 226 g/mol. The Morgan fingerprint density at radius 2 is 2.17 bits per heavy atom. The molecule has 3 aliphatic rings. The highest BCUT2D eigenvalue weighted by atomic mass is 16.4. The molecule has 0 aromatic rings. The predicted octanol–water partition coefficient (Wildman–Crippen LogP) is 2.81. The fourth-order valence-corrected chi connectivity index (χ4v) is 3.53. The largest absolute Gasteiger partial charge is 0.481 e. The number of nitrogens with two attached hydrogens (primary N) is 1. The van der Waals surface area contributed by atoms with Crippen molar-refractivity contribution in [2.24, 2.45) is 29.4 Å². The third-order valence-corrected chi connectivity index (χ3v) is 4.73. The molecule has 3 heteroatoms. The van der Waals surface area contributed by atoms with Gasteiger partial charge in [0, 0.05) is 6.92 Å². The lowest BCUT2D eigenvalue weighted by molar-refractivity contribution is -0.134. The van der Waals surface area contributed by atoms with E-state index >= 15 is 0 Å². The van der Waals surface area contributed by atoms with Crippen molar-refractivity contribution >= 4 is 5.97 Å². The van der Waals surface area contributed by atoms with E-state index in [4.69, 9.17) is 15.6 Å². The zero-order valence-electron chi connectivity index (χ0n) is 11.3. The second-order valence-electron chi connectivity index (χ2n) is 6.12. The minimum Gasteiger partial charge on any atom is -0.481 e. The lowest BCUT2D eigenvalue weighted by Gasteiger charge is -2.39. The summed E-state index contributed by atoms with van der Waals surface area (Å²) < 4.78 is 0. The Hall–Kier alpha value is -0.830. The monoisotopic (exact) mass is 251 g/mol. The zero-order chi connectivity index (χ0) is 13.1. The number of carboxylic acids is 1. The summed E-state index contributed by atoms with van der Waals surface area (Å²) >= 11 is 0. The van der Waals surface area contributed by atoms with Crippen LogP contribution in [-0.2, 0) is 4.79 Å². The van der Waals surface area contributed by atoms with Crippen LogP contribution in [0.5, 0.6) is 0 Å². The van der Waals surface area contributed by atoms with Crippen molar-refractivity contribution < 1.29 is 9.90 Å². The summed E-state index contributed by atoms with van der Waals surface area (Å²) in [4.78, 5) is 9.00. The number of rotatable bonds is 3. The first-order chi connectivity index (χ1) is 8.60. The quantitative estimate of drug-likeness (QED) is 0.758. The standard InChI is InChI=1S/C13H21N.C2H4O2/c14-8-12-7-11-5-10(6-13(11)12)4-9-2-1-3-9;1-2(3)4/h6,9,11-13H,1-5,7-8,14H2;1H3,(H,3,4). The lowest BCUT2D eigenvalue weighted by Crippen LogP contribution is -2.37. The number of fused-ring (bicyclic) bond motifs is 1. The van der Waals surface area contributed by atoms with Gasteiger partial charge in [-0.3, -0.25) is 4.79 Å². The van der Waals surface area contributed by atoms with Crippen LogP contribution in [0.3, 0.4) is 0 Å². The molecule has 0 aliphatic heterocycles. The number of hydrogen-bond acceptors (Lipinski definition) is 2. The van der Waals surface area contributed by atoms with Crippen LogP contribution in [0.15, 0.2) is 11.6 Å². The molecule has 0 aromatic heterocycles. The topological polar surface area (TPSA) is 63.3 Å². The van der Waals surface area contributed by atoms with Gasteiger partial charge in [0.1, 0.15) is 0 Å². The van der Waals surface area contributed by atoms with Gasteiger partial charge in [0.15, 0.2) is 0 Å². The summed E-state index contributed by atoms with van der Waals surface area (Å²) in [6.45, 7) is 1.99. The third-order valence-electron chi connectivity index (χ3n) is 4.73. The summed E-state index contributed by atoms with van der Waals surface area (Å²) in [7, 11) is 0. The molecule has 2 fully saturated rings. The average molecular weight is 251 g/mol. The maximum atomic E-state index is 9.00. The van der Waals surface area contributed by atoms with Crippen molar-refractivity contribution in [3.8, 4) is 0 Å². The van der Waals surface area contributed by atoms with Gasteiger partial charge in [0.05, 0.1) is 0 Å². The maximum absolute atomic E-state index is 9.00. The van der Waals surface area contributed by atoms with Crippen molar-refractivity contribution in [3.63, 3.8) is 0 Å². The smallest absolute Gasteiger partial charge is 0.300 e. The second kappa shape index (κ2) is 5.87. The molecule has 18 heavy (non-hydrogen) atoms. The second-order valence-corrected chi connectivity index (χ2v) is 6.12. The van der Waals surface area contributed by atoms with Gasteiger partial charge in [-0.15, -0.1) is 0 Å². The summed E-state index contributed by atoms with van der Waals surface area (Å²) in [6, 6.07) is 0. The molecule has 102 valence electrons. The summed E-state index contributed by atoms with van der Waals surface area (Å²) in [5, 5.41) is 7.42. The fourth-order valence-electron chi connectivity index (χ4n) is 3.53. The van der Waals surface area contributed by atoms with Crippen LogP contribution in [0.1, 0.15) is 45.4 Å². The summed E-state index contributed by atoms with van der Waals surface area (Å²) in [6.07, 6.45) is 11.3. The normalized spacial score (nSPS) is 33.4. The Balaban J connectivity index is 0.000000267. The van der Waals surface area contributed by atoms with Gasteiger partial charge in [-0.1, -0.05) is 30.9 Å². The third kappa shape index (κ3) is 3.14. The van der Waals surface area contributed by atoms with Crippen LogP contribution >= 0.6 is 0 Å². The van der Waals surface area contributed by atoms with Gasteiger partial charge in [-0.2, -0.15) is 0 Å². The van der Waals surface area contributed by atoms with E-state index in [-0.39, 0.29) is 0 Å². The average Bonchev–Trinajstić information content (AvgIpc) is 2.51. The minimum atomic E-state index is -0.833. The Bertz CT molecular complexity index is 329. The molecule has 3 N–H and O–H groups in total. The molecule has 0 radical (unpaired) electrons. The molecular formula is C15H25NO2. The molecule has 0 aromatic carbocycles. The first-order valence-corrected chi connectivity index (χ1v) is 7.19. The van der Waals surface area contributed by atoms with Gasteiger partial charge < -0.3 is 10.8 Å². The Kier molecular flexibility index (Phi) is 4.44. The highest BCUT2D eigenvalue weighted by Crippen LogP contribution is 2.51. The Labute approximate surface area is 109 Å². The molecule has 3 rings (SSSR count). The number of allylic oxidation sites excluding steroid dienone is 2. The van der Waals surface area contributed by atoms with E-state index in [2.05, 4.69) is 6.08 Å². The number of hydrogen-bond donors (Lipinski definition) is 2. The Morgan fingerprint density at radius 3 is 2.67 bits per heavy atom. The van der Waals surface area contributed by atoms with E-state index in [1.54, 1.807) is 5.57 Å². The fraction of sp³-hybridized carbons (Fsp3) is 0.800. The van der Waals surface area contributed by atoms with Crippen LogP contribution in [0.4, 0.5) is 0 Å². The van der Waals surface area contributed by atoms with Crippen LogP contribution in [-0.4, -0.2) is 17.6 Å². The molecule has 0 bridgehead atoms. The number of carbonyl (C=O) groups is 1. The SMILES string of the molecule is CC(=O)O.NCC1CC2CC(CC3CCC3)=CC12. The van der Waals surface area contributed by atoms with Gasteiger partial charge in [-0.05, 0) is 49.5 Å². The molecule has 2 saturated carbocycles. The van der Waals surface area contributed by atoms with E-state index in [1.807, 2.05) is 0 Å². The van der Waals surface area contributed by atoms with Crippen LogP contribution < -0.4 is 5.73 Å². The maximum Gasteiger partial charge on any atom is 0.300 e. The van der Waals surface area contributed by atoms with Gasteiger partial charge in [0.25, 0.3) is 5.97 Å².